The molecule has 0 fully saturated rings. The SMILES string of the molecule is CC(=O)O.Cc1n[13c]([15NH2])c([13CH3])c2[nH]c3ccccc3c12. The Hall–Kier alpha value is -2.56. The maximum absolute atomic E-state index is 9.00. The number of aliphatic carboxylic acids is 1. The van der Waals surface area contributed by atoms with Crippen LogP contribution in [0.15, 0.2) is 24.3 Å². The Morgan fingerprint density at radius 1 is 1.30 bits per heavy atom. The van der Waals surface area contributed by atoms with Gasteiger partial charge >= 0.3 is 0 Å². The number of carboxylic acid groups (broad SMARTS) is 1. The highest BCUT2D eigenvalue weighted by molar-refractivity contribution is 6.10. The number of anilines is 1. The van der Waals surface area contributed by atoms with E-state index in [1.54, 1.807) is 0 Å². The molecule has 5 heteroatoms. The predicted molar refractivity (Wildman–Crippen MR) is 80.8 cm³/mol. The number of benzene rings is 1. The van der Waals surface area contributed by atoms with E-state index in [1.807, 2.05) is 26.0 Å². The monoisotopic (exact) mass is 274 g/mol. The molecule has 2 aromatic heterocycles. The summed E-state index contributed by atoms with van der Waals surface area (Å²) in [5.41, 5.74) is 10.1. The molecule has 104 valence electrons. The predicted octanol–water partition coefficient (Wildman–Crippen LogP) is 3.01. The number of nitrogens with two attached hydrogens (primary N) is 1. The molecule has 4 N–H and O–H groups in total. The molecule has 5 nitrogen and oxygen atoms in total. The van der Waals surface area contributed by atoms with Crippen LogP contribution in [0.4, 0.5) is 5.82 Å². The number of para-hydroxylation sites is 1. The van der Waals surface area contributed by atoms with E-state index in [0.29, 0.717) is 5.82 Å². The highest BCUT2D eigenvalue weighted by atomic mass is 16.4. The molecule has 2 heterocycles. The zero-order chi connectivity index (χ0) is 14.9. The number of fused-ring (bicyclic) bond motifs is 3. The Morgan fingerprint density at radius 2 is 1.90 bits per heavy atom. The summed E-state index contributed by atoms with van der Waals surface area (Å²) in [5.74, 6) is -0.225. The molecule has 0 atom stereocenters. The van der Waals surface area contributed by atoms with Crippen molar-refractivity contribution in [3.8, 4) is 0 Å². The van der Waals surface area contributed by atoms with E-state index < -0.39 is 5.97 Å². The van der Waals surface area contributed by atoms with E-state index in [2.05, 4.69) is 22.1 Å². The van der Waals surface area contributed by atoms with Crippen molar-refractivity contribution in [1.29, 1.82) is 0 Å². The molecule has 0 spiro atoms. The lowest BCUT2D eigenvalue weighted by Gasteiger charge is -2.03. The van der Waals surface area contributed by atoms with Gasteiger partial charge in [-0.15, -0.1) is 0 Å². The van der Waals surface area contributed by atoms with Crippen molar-refractivity contribution in [1.82, 2.24) is 9.97 Å². The number of nitrogens with one attached hydrogen (secondary N) is 1. The van der Waals surface area contributed by atoms with Gasteiger partial charge in [0.1, 0.15) is 5.82 Å². The molecule has 0 radical (unpaired) electrons. The van der Waals surface area contributed by atoms with Crippen molar-refractivity contribution in [3.05, 3.63) is 35.5 Å². The van der Waals surface area contributed by atoms with Gasteiger partial charge in [-0.1, -0.05) is 18.2 Å². The number of nitrogen functional groups attached to an aromatic ring is 1. The van der Waals surface area contributed by atoms with Crippen LogP contribution in [0.25, 0.3) is 21.8 Å². The zero-order valence-electron chi connectivity index (χ0n) is 11.7. The van der Waals surface area contributed by atoms with Crippen LogP contribution >= 0.6 is 0 Å². The van der Waals surface area contributed by atoms with Gasteiger partial charge in [0.2, 0.25) is 0 Å². The first-order valence-electron chi connectivity index (χ1n) is 6.24. The number of rotatable bonds is 0. The van der Waals surface area contributed by atoms with Gasteiger partial charge in [0, 0.05) is 34.5 Å². The second kappa shape index (κ2) is 5.21. The number of H-pyrrole nitrogens is 1. The van der Waals surface area contributed by atoms with Crippen molar-refractivity contribution in [2.45, 2.75) is 20.8 Å². The minimum atomic E-state index is -0.833. The van der Waals surface area contributed by atoms with Gasteiger partial charge in [-0.05, 0) is 19.9 Å². The van der Waals surface area contributed by atoms with Crippen LogP contribution in [0.2, 0.25) is 0 Å². The number of aryl methyl sites for hydroxylation is 2. The first kappa shape index (κ1) is 13.9. The number of pyridine rings is 1. The smallest absolute Gasteiger partial charge is 0.300 e. The molecule has 0 bridgehead atoms. The Morgan fingerprint density at radius 3 is 2.55 bits per heavy atom. The van der Waals surface area contributed by atoms with Gasteiger partial charge in [-0.25, -0.2) is 4.98 Å². The highest BCUT2D eigenvalue weighted by Crippen LogP contribution is 2.30. The van der Waals surface area contributed by atoms with E-state index in [1.165, 1.54) is 10.8 Å². The number of aromatic amines is 1. The summed E-state index contributed by atoms with van der Waals surface area (Å²) in [6, 6.07) is 8.25. The summed E-state index contributed by atoms with van der Waals surface area (Å²) in [4.78, 5) is 16.8. The molecular weight excluding hydrogens is 257 g/mol. The largest absolute Gasteiger partial charge is 0.481 e. The summed E-state index contributed by atoms with van der Waals surface area (Å²) in [5, 5.41) is 9.81. The fourth-order valence-electron chi connectivity index (χ4n) is 2.25. The molecule has 3 rings (SSSR count). The fraction of sp³-hybridized carbons (Fsp3) is 0.200. The van der Waals surface area contributed by atoms with Crippen molar-refractivity contribution in [2.24, 2.45) is 0 Å². The number of hydrogen-bond acceptors (Lipinski definition) is 3. The number of nitrogens with zero attached hydrogens (tertiary/aromatic N) is 1. The number of carboxylic acids is 1. The van der Waals surface area contributed by atoms with Gasteiger partial charge in [-0.2, -0.15) is 0 Å². The van der Waals surface area contributed by atoms with Crippen LogP contribution in [0.5, 0.6) is 0 Å². The summed E-state index contributed by atoms with van der Waals surface area (Å²) in [7, 11) is 0. The van der Waals surface area contributed by atoms with Crippen LogP contribution in [-0.2, 0) is 4.79 Å². The first-order valence-corrected chi connectivity index (χ1v) is 6.24. The normalized spacial score (nSPS) is 10.3. The lowest BCUT2D eigenvalue weighted by Crippen LogP contribution is -1.96. The first-order chi connectivity index (χ1) is 9.41. The van der Waals surface area contributed by atoms with Crippen molar-refractivity contribution >= 4 is 33.6 Å². The number of carbonyl (C=O) groups is 1. The van der Waals surface area contributed by atoms with E-state index in [9.17, 15) is 0 Å². The summed E-state index contributed by atoms with van der Waals surface area (Å²) < 4.78 is 0. The van der Waals surface area contributed by atoms with Gasteiger partial charge in [-0.3, -0.25) is 4.79 Å². The van der Waals surface area contributed by atoms with Crippen molar-refractivity contribution in [2.75, 3.05) is 5.73 Å². The van der Waals surface area contributed by atoms with E-state index in [4.69, 9.17) is 15.6 Å². The molecule has 0 aliphatic carbocycles. The average molecular weight is 274 g/mol. The highest BCUT2D eigenvalue weighted by Gasteiger charge is 2.11. The number of aromatic nitrogens is 2. The average Bonchev–Trinajstić information content (AvgIpc) is 2.75. The second-order valence-electron chi connectivity index (χ2n) is 4.65. The van der Waals surface area contributed by atoms with Crippen LogP contribution in [0, 0.1) is 13.8 Å². The number of hydrogen-bond donors (Lipinski definition) is 3. The minimum Gasteiger partial charge on any atom is -0.481 e. The molecule has 0 aliphatic rings. The third-order valence-corrected chi connectivity index (χ3v) is 3.12. The van der Waals surface area contributed by atoms with Crippen molar-refractivity contribution < 1.29 is 9.90 Å². The maximum atomic E-state index is 9.00. The molecule has 0 aliphatic heterocycles. The molecule has 3 aromatic rings. The van der Waals surface area contributed by atoms with Crippen LogP contribution < -0.4 is 5.73 Å². The molecule has 1 aromatic carbocycles. The van der Waals surface area contributed by atoms with E-state index in [0.717, 1.165) is 29.2 Å². The van der Waals surface area contributed by atoms with Crippen LogP contribution in [-0.4, -0.2) is 21.0 Å². The van der Waals surface area contributed by atoms with Gasteiger partial charge in [0.25, 0.3) is 5.97 Å². The Balaban J connectivity index is 0.000000328. The zero-order valence-corrected chi connectivity index (χ0v) is 11.7. The Kier molecular flexibility index (Phi) is 3.61. The van der Waals surface area contributed by atoms with Gasteiger partial charge in [0.15, 0.2) is 0 Å². The van der Waals surface area contributed by atoms with Crippen molar-refractivity contribution in [3.63, 3.8) is 0 Å². The summed E-state index contributed by atoms with van der Waals surface area (Å²) in [6.07, 6.45) is 0. The molecule has 0 saturated carbocycles. The molecule has 0 saturated heterocycles. The van der Waals surface area contributed by atoms with E-state index >= 15 is 0 Å². The molecule has 0 unspecified atom stereocenters. The lowest BCUT2D eigenvalue weighted by atomic mass is 10.1. The topological polar surface area (TPSA) is 92.0 Å². The Bertz CT molecular complexity index is 787. The summed E-state index contributed by atoms with van der Waals surface area (Å²) >= 11 is 0. The van der Waals surface area contributed by atoms with E-state index in [-0.39, 0.29) is 0 Å². The lowest BCUT2D eigenvalue weighted by molar-refractivity contribution is -0.134. The van der Waals surface area contributed by atoms with Crippen LogP contribution in [0.1, 0.15) is 18.2 Å². The quantitative estimate of drug-likeness (QED) is 0.434. The van der Waals surface area contributed by atoms with Gasteiger partial charge in [0.05, 0.1) is 5.52 Å². The fourth-order valence-corrected chi connectivity index (χ4v) is 2.25. The maximum Gasteiger partial charge on any atom is 0.300 e. The third kappa shape index (κ3) is 2.42. The minimum absolute atomic E-state index is 0.608. The van der Waals surface area contributed by atoms with Crippen LogP contribution in [0.3, 0.4) is 0 Å². The molecule has 20 heavy (non-hydrogen) atoms. The van der Waals surface area contributed by atoms with Gasteiger partial charge < -0.3 is 15.8 Å². The Labute approximate surface area is 116 Å². The second-order valence-corrected chi connectivity index (χ2v) is 4.65. The third-order valence-electron chi connectivity index (χ3n) is 3.12. The molecule has 0 amide bonds. The standard InChI is InChI=1S/C13H13N3.C2H4O2/c1-7-12-11(8(2)15-13(7)14)9-5-3-4-6-10(9)16-12;1-2(3)4/h3-6,16H,1-2H3,(H2,14,15);1H3,(H,3,4)/i1+1,13+1,14+1;. The molecular formula is C15H17N3O2. The summed E-state index contributed by atoms with van der Waals surface area (Å²) in [6.45, 7) is 5.08.